The predicted molar refractivity (Wildman–Crippen MR) is 95.1 cm³/mol. The number of primary amides is 1. The zero-order valence-corrected chi connectivity index (χ0v) is 13.9. The van der Waals surface area contributed by atoms with Gasteiger partial charge in [0.2, 0.25) is 4.80 Å². The molecule has 2 N–H and O–H groups in total. The summed E-state index contributed by atoms with van der Waals surface area (Å²) in [6, 6.07) is 15.3. The van der Waals surface area contributed by atoms with Crippen LogP contribution in [0.4, 0.5) is 0 Å². The lowest BCUT2D eigenvalue weighted by Crippen LogP contribution is -2.19. The number of hydrogen-bond donors (Lipinski definition) is 1. The van der Waals surface area contributed by atoms with Crippen LogP contribution in [-0.4, -0.2) is 23.3 Å². The van der Waals surface area contributed by atoms with Gasteiger partial charge in [-0.05, 0) is 42.0 Å². The second kappa shape index (κ2) is 7.10. The zero-order chi connectivity index (χ0) is 16.9. The monoisotopic (exact) mass is 340 g/mol. The smallest absolute Gasteiger partial charge is 0.255 e. The first kappa shape index (κ1) is 15.9. The van der Waals surface area contributed by atoms with Crippen molar-refractivity contribution in [2.75, 3.05) is 6.61 Å². The Kier molecular flexibility index (Phi) is 4.72. The van der Waals surface area contributed by atoms with E-state index in [-0.39, 0.29) is 6.61 Å². The van der Waals surface area contributed by atoms with Gasteiger partial charge in [0.25, 0.3) is 5.91 Å². The van der Waals surface area contributed by atoms with Gasteiger partial charge >= 0.3 is 0 Å². The molecule has 1 heterocycles. The number of fused-ring (bicyclic) bond motifs is 1. The third kappa shape index (κ3) is 3.69. The van der Waals surface area contributed by atoms with Crippen LogP contribution in [0.3, 0.4) is 0 Å². The van der Waals surface area contributed by atoms with Crippen molar-refractivity contribution in [3.8, 4) is 5.75 Å². The van der Waals surface area contributed by atoms with Gasteiger partial charge in [-0.3, -0.25) is 4.79 Å². The number of carbonyl (C=O) groups is 1. The van der Waals surface area contributed by atoms with Gasteiger partial charge in [-0.15, -0.1) is 5.10 Å². The van der Waals surface area contributed by atoms with E-state index in [1.165, 1.54) is 4.70 Å². The van der Waals surface area contributed by atoms with Crippen LogP contribution in [0.25, 0.3) is 10.2 Å². The number of nitrogens with two attached hydrogens (primary N) is 1. The van der Waals surface area contributed by atoms with Crippen molar-refractivity contribution in [1.82, 2.24) is 4.57 Å². The highest BCUT2D eigenvalue weighted by atomic mass is 32.1. The molecule has 0 radical (unpaired) electrons. The number of ether oxygens (including phenoxy) is 1. The second-order valence-corrected chi connectivity index (χ2v) is 6.09. The molecule has 3 aromatic rings. The Morgan fingerprint density at radius 1 is 1.25 bits per heavy atom. The van der Waals surface area contributed by atoms with E-state index in [0.717, 1.165) is 15.9 Å². The molecule has 0 bridgehead atoms. The molecule has 2 aromatic carbocycles. The van der Waals surface area contributed by atoms with Crippen molar-refractivity contribution in [3.05, 3.63) is 58.9 Å². The highest BCUT2D eigenvalue weighted by molar-refractivity contribution is 7.16. The number of para-hydroxylation sites is 1. The third-order valence-corrected chi connectivity index (χ3v) is 4.43. The Morgan fingerprint density at radius 3 is 2.71 bits per heavy atom. The summed E-state index contributed by atoms with van der Waals surface area (Å²) in [7, 11) is 1.97. The number of aromatic nitrogens is 1. The molecule has 0 aliphatic heterocycles. The molecule has 0 atom stereocenters. The number of thiazole rings is 1. The molecular weight excluding hydrogens is 324 g/mol. The fraction of sp³-hybridized carbons (Fsp3) is 0.118. The van der Waals surface area contributed by atoms with Crippen LogP contribution in [0.15, 0.2) is 58.7 Å². The second-order valence-electron chi connectivity index (χ2n) is 5.08. The molecule has 0 aliphatic carbocycles. The standard InChI is InChI=1S/C17H16N4O2S/c1-21-14-4-2-3-5-15(14)24-17(21)20-19-10-12-6-8-13(9-7-12)23-11-16(18)22/h2-10H,11H2,1H3,(H2,18,22). The largest absolute Gasteiger partial charge is 0.484 e. The molecule has 1 amide bonds. The Hall–Kier alpha value is -2.93. The van der Waals surface area contributed by atoms with Crippen molar-refractivity contribution in [1.29, 1.82) is 0 Å². The van der Waals surface area contributed by atoms with Gasteiger partial charge in [0.05, 0.1) is 16.4 Å². The molecule has 6 nitrogen and oxygen atoms in total. The minimum atomic E-state index is -0.504. The van der Waals surface area contributed by atoms with Crippen molar-refractivity contribution in [3.63, 3.8) is 0 Å². The van der Waals surface area contributed by atoms with Crippen molar-refractivity contribution in [2.45, 2.75) is 0 Å². The Balaban J connectivity index is 1.75. The van der Waals surface area contributed by atoms with Crippen LogP contribution in [0.1, 0.15) is 5.56 Å². The maximum absolute atomic E-state index is 10.7. The van der Waals surface area contributed by atoms with E-state index < -0.39 is 5.91 Å². The summed E-state index contributed by atoms with van der Waals surface area (Å²) in [5, 5.41) is 8.43. The number of aryl methyl sites for hydroxylation is 1. The summed E-state index contributed by atoms with van der Waals surface area (Å²) in [5.41, 5.74) is 7.05. The van der Waals surface area contributed by atoms with Gasteiger partial charge in [0.1, 0.15) is 5.75 Å². The molecule has 0 saturated carbocycles. The molecule has 3 rings (SSSR count). The quantitative estimate of drug-likeness (QED) is 0.569. The molecule has 0 fully saturated rings. The van der Waals surface area contributed by atoms with E-state index >= 15 is 0 Å². The van der Waals surface area contributed by atoms with E-state index in [2.05, 4.69) is 22.3 Å². The highest BCUT2D eigenvalue weighted by Crippen LogP contribution is 2.15. The van der Waals surface area contributed by atoms with E-state index in [9.17, 15) is 4.79 Å². The van der Waals surface area contributed by atoms with Crippen LogP contribution in [0, 0.1) is 0 Å². The van der Waals surface area contributed by atoms with Crippen LogP contribution >= 0.6 is 11.3 Å². The van der Waals surface area contributed by atoms with Gasteiger partial charge in [-0.2, -0.15) is 5.10 Å². The van der Waals surface area contributed by atoms with E-state index in [1.54, 1.807) is 29.7 Å². The van der Waals surface area contributed by atoms with Gasteiger partial charge in [-0.1, -0.05) is 23.5 Å². The third-order valence-electron chi connectivity index (χ3n) is 3.33. The van der Waals surface area contributed by atoms with Crippen LogP contribution in [0.5, 0.6) is 5.75 Å². The minimum absolute atomic E-state index is 0.134. The van der Waals surface area contributed by atoms with E-state index in [1.807, 2.05) is 35.9 Å². The van der Waals surface area contributed by atoms with E-state index in [0.29, 0.717) is 5.75 Å². The normalized spacial score (nSPS) is 12.1. The molecule has 0 saturated heterocycles. The molecule has 7 heteroatoms. The summed E-state index contributed by atoms with van der Waals surface area (Å²) in [6.07, 6.45) is 1.67. The van der Waals surface area contributed by atoms with Gasteiger partial charge in [0, 0.05) is 7.05 Å². The highest BCUT2D eigenvalue weighted by Gasteiger charge is 2.00. The van der Waals surface area contributed by atoms with Crippen LogP contribution in [0.2, 0.25) is 0 Å². The zero-order valence-electron chi connectivity index (χ0n) is 13.0. The van der Waals surface area contributed by atoms with Crippen molar-refractivity contribution < 1.29 is 9.53 Å². The molecular formula is C17H16N4O2S. The number of rotatable bonds is 5. The predicted octanol–water partition coefficient (Wildman–Crippen LogP) is 2.04. The lowest BCUT2D eigenvalue weighted by molar-refractivity contribution is -0.119. The number of benzene rings is 2. The fourth-order valence-electron chi connectivity index (χ4n) is 2.13. The average molecular weight is 340 g/mol. The molecule has 1 aromatic heterocycles. The summed E-state index contributed by atoms with van der Waals surface area (Å²) >= 11 is 1.59. The summed E-state index contributed by atoms with van der Waals surface area (Å²) in [4.78, 5) is 11.5. The lowest BCUT2D eigenvalue weighted by Gasteiger charge is -2.02. The minimum Gasteiger partial charge on any atom is -0.484 e. The van der Waals surface area contributed by atoms with Crippen molar-refractivity contribution in [2.24, 2.45) is 23.0 Å². The number of amides is 1. The van der Waals surface area contributed by atoms with Gasteiger partial charge in [-0.25, -0.2) is 0 Å². The van der Waals surface area contributed by atoms with Crippen LogP contribution in [-0.2, 0) is 11.8 Å². The molecule has 0 unspecified atom stereocenters. The average Bonchev–Trinajstić information content (AvgIpc) is 2.91. The van der Waals surface area contributed by atoms with E-state index in [4.69, 9.17) is 10.5 Å². The van der Waals surface area contributed by atoms with Crippen molar-refractivity contribution >= 4 is 33.7 Å². The first-order valence-corrected chi connectivity index (χ1v) is 8.08. The summed E-state index contributed by atoms with van der Waals surface area (Å²) < 4.78 is 8.38. The van der Waals surface area contributed by atoms with Gasteiger partial charge < -0.3 is 15.0 Å². The molecule has 122 valence electrons. The Labute approximate surface area is 142 Å². The fourth-order valence-corrected chi connectivity index (χ4v) is 3.10. The maximum Gasteiger partial charge on any atom is 0.255 e. The molecule has 0 aliphatic rings. The van der Waals surface area contributed by atoms with Gasteiger partial charge in [0.15, 0.2) is 6.61 Å². The topological polar surface area (TPSA) is 82.0 Å². The SMILES string of the molecule is Cn1c(=NN=Cc2ccc(OCC(N)=O)cc2)sc2ccccc21. The summed E-state index contributed by atoms with van der Waals surface area (Å²) in [5.74, 6) is 0.0782. The Bertz CT molecular complexity index is 955. The Morgan fingerprint density at radius 2 is 2.00 bits per heavy atom. The number of carbonyl (C=O) groups excluding carboxylic acids is 1. The number of hydrogen-bond acceptors (Lipinski definition) is 5. The first-order valence-electron chi connectivity index (χ1n) is 7.26. The molecule has 0 spiro atoms. The maximum atomic E-state index is 10.7. The first-order chi connectivity index (χ1) is 11.6. The van der Waals surface area contributed by atoms with Crippen LogP contribution < -0.4 is 15.3 Å². The molecule has 24 heavy (non-hydrogen) atoms. The number of nitrogens with zero attached hydrogens (tertiary/aromatic N) is 3. The summed E-state index contributed by atoms with van der Waals surface area (Å²) in [6.45, 7) is -0.134. The lowest BCUT2D eigenvalue weighted by atomic mass is 10.2.